The Kier molecular flexibility index (Phi) is 4.46. The van der Waals surface area contributed by atoms with Crippen molar-refractivity contribution in [3.8, 4) is 17.0 Å². The smallest absolute Gasteiger partial charge is 0.161 e. The minimum absolute atomic E-state index is 0.670. The van der Waals surface area contributed by atoms with E-state index in [0.29, 0.717) is 6.54 Å². The van der Waals surface area contributed by atoms with Crippen molar-refractivity contribution in [3.05, 3.63) is 71.7 Å². The van der Waals surface area contributed by atoms with E-state index in [1.54, 1.807) is 13.3 Å². The monoisotopic (exact) mass is 359 g/mol. The maximum atomic E-state index is 5.25. The van der Waals surface area contributed by atoms with E-state index >= 15 is 0 Å². The molecule has 0 radical (unpaired) electrons. The second-order valence-corrected chi connectivity index (χ2v) is 6.44. The molecule has 0 aliphatic rings. The van der Waals surface area contributed by atoms with Gasteiger partial charge in [0.1, 0.15) is 11.6 Å². The lowest BCUT2D eigenvalue weighted by molar-refractivity contribution is 0.415. The number of benzene rings is 1. The van der Waals surface area contributed by atoms with E-state index in [2.05, 4.69) is 17.2 Å². The highest BCUT2D eigenvalue weighted by Crippen LogP contribution is 2.28. The average molecular weight is 359 g/mol. The van der Waals surface area contributed by atoms with E-state index in [4.69, 9.17) is 14.8 Å². The number of methoxy groups -OCH3 is 1. The molecule has 0 fully saturated rings. The Bertz CT molecular complexity index is 1070. The summed E-state index contributed by atoms with van der Waals surface area (Å²) in [7, 11) is 1.66. The van der Waals surface area contributed by atoms with Crippen LogP contribution in [0, 0.1) is 13.8 Å². The van der Waals surface area contributed by atoms with E-state index in [-0.39, 0.29) is 0 Å². The number of pyridine rings is 1. The lowest BCUT2D eigenvalue weighted by Crippen LogP contribution is -2.07. The number of ether oxygens (including phenoxy) is 1. The number of aromatic nitrogens is 4. The number of rotatable bonds is 5. The van der Waals surface area contributed by atoms with Gasteiger partial charge in [-0.05, 0) is 49.7 Å². The predicted octanol–water partition coefficient (Wildman–Crippen LogP) is 4.03. The molecule has 0 saturated carbocycles. The van der Waals surface area contributed by atoms with Crippen LogP contribution in [0.25, 0.3) is 16.9 Å². The Morgan fingerprint density at radius 3 is 2.63 bits per heavy atom. The number of hydrogen-bond donors (Lipinski definition) is 1. The molecular formula is C21H21N5O. The third kappa shape index (κ3) is 3.33. The number of aryl methyl sites for hydroxylation is 2. The molecule has 0 saturated heterocycles. The van der Waals surface area contributed by atoms with Crippen molar-refractivity contribution in [1.29, 1.82) is 0 Å². The Hall–Kier alpha value is -3.41. The first-order valence-electron chi connectivity index (χ1n) is 8.80. The van der Waals surface area contributed by atoms with Gasteiger partial charge in [0, 0.05) is 41.8 Å². The highest BCUT2D eigenvalue weighted by Gasteiger charge is 2.15. The van der Waals surface area contributed by atoms with Crippen molar-refractivity contribution >= 4 is 11.5 Å². The minimum Gasteiger partial charge on any atom is -0.497 e. The lowest BCUT2D eigenvalue weighted by atomic mass is 10.1. The highest BCUT2D eigenvalue weighted by molar-refractivity contribution is 5.72. The van der Waals surface area contributed by atoms with Gasteiger partial charge in [-0.2, -0.15) is 9.61 Å². The SMILES string of the molecule is COc1ccc(-c2nn3c(NCc4cccnc4)cc(C)nc3c2C)cc1. The van der Waals surface area contributed by atoms with Gasteiger partial charge in [0.05, 0.1) is 12.8 Å². The molecule has 3 aromatic heterocycles. The highest BCUT2D eigenvalue weighted by atomic mass is 16.5. The molecule has 27 heavy (non-hydrogen) atoms. The van der Waals surface area contributed by atoms with Gasteiger partial charge in [-0.25, -0.2) is 4.98 Å². The molecule has 6 heteroatoms. The Morgan fingerprint density at radius 1 is 1.11 bits per heavy atom. The van der Waals surface area contributed by atoms with Gasteiger partial charge in [0.2, 0.25) is 0 Å². The molecule has 4 aromatic rings. The zero-order valence-corrected chi connectivity index (χ0v) is 15.6. The zero-order valence-electron chi connectivity index (χ0n) is 15.6. The van der Waals surface area contributed by atoms with Crippen molar-refractivity contribution in [2.24, 2.45) is 0 Å². The molecule has 0 spiro atoms. The van der Waals surface area contributed by atoms with Crippen LogP contribution in [0.4, 0.5) is 5.82 Å². The van der Waals surface area contributed by atoms with Crippen molar-refractivity contribution in [2.75, 3.05) is 12.4 Å². The van der Waals surface area contributed by atoms with Crippen LogP contribution >= 0.6 is 0 Å². The Morgan fingerprint density at radius 2 is 1.93 bits per heavy atom. The van der Waals surface area contributed by atoms with Gasteiger partial charge in [-0.3, -0.25) is 4.98 Å². The Labute approximate surface area is 157 Å². The molecule has 136 valence electrons. The normalized spacial score (nSPS) is 10.9. The second-order valence-electron chi connectivity index (χ2n) is 6.44. The summed E-state index contributed by atoms with van der Waals surface area (Å²) in [5.74, 6) is 1.73. The van der Waals surface area contributed by atoms with E-state index in [1.807, 2.05) is 60.1 Å². The summed E-state index contributed by atoms with van der Waals surface area (Å²) in [6.07, 6.45) is 3.63. The van der Waals surface area contributed by atoms with Gasteiger partial charge >= 0.3 is 0 Å². The largest absolute Gasteiger partial charge is 0.497 e. The van der Waals surface area contributed by atoms with Gasteiger partial charge < -0.3 is 10.1 Å². The minimum atomic E-state index is 0.670. The van der Waals surface area contributed by atoms with Crippen LogP contribution in [0.5, 0.6) is 5.75 Å². The topological polar surface area (TPSA) is 64.3 Å². The first-order chi connectivity index (χ1) is 13.2. The number of fused-ring (bicyclic) bond motifs is 1. The van der Waals surface area contributed by atoms with Crippen molar-refractivity contribution in [3.63, 3.8) is 0 Å². The van der Waals surface area contributed by atoms with Crippen LogP contribution < -0.4 is 10.1 Å². The molecule has 3 heterocycles. The predicted molar refractivity (Wildman–Crippen MR) is 106 cm³/mol. The first kappa shape index (κ1) is 17.0. The molecule has 0 unspecified atom stereocenters. The van der Waals surface area contributed by atoms with Gasteiger partial charge in [0.15, 0.2) is 5.65 Å². The summed E-state index contributed by atoms with van der Waals surface area (Å²) in [6.45, 7) is 4.72. The third-order valence-electron chi connectivity index (χ3n) is 4.51. The summed E-state index contributed by atoms with van der Waals surface area (Å²) >= 11 is 0. The van der Waals surface area contributed by atoms with Crippen LogP contribution in [0.15, 0.2) is 54.9 Å². The fourth-order valence-corrected chi connectivity index (χ4v) is 3.09. The van der Waals surface area contributed by atoms with Gasteiger partial charge in [-0.15, -0.1) is 0 Å². The number of anilines is 1. The number of hydrogen-bond acceptors (Lipinski definition) is 5. The fraction of sp³-hybridized carbons (Fsp3) is 0.190. The lowest BCUT2D eigenvalue weighted by Gasteiger charge is -2.09. The van der Waals surface area contributed by atoms with Crippen LogP contribution in [0.2, 0.25) is 0 Å². The summed E-state index contributed by atoms with van der Waals surface area (Å²) in [5.41, 5.74) is 5.91. The molecule has 4 rings (SSSR count). The van der Waals surface area contributed by atoms with Crippen LogP contribution in [0.1, 0.15) is 16.8 Å². The average Bonchev–Trinajstić information content (AvgIpc) is 3.03. The molecular weight excluding hydrogens is 338 g/mol. The molecule has 0 aliphatic heterocycles. The molecule has 0 amide bonds. The van der Waals surface area contributed by atoms with Gasteiger partial charge in [0.25, 0.3) is 0 Å². The first-order valence-corrected chi connectivity index (χ1v) is 8.80. The van der Waals surface area contributed by atoms with Crippen molar-refractivity contribution in [2.45, 2.75) is 20.4 Å². The summed E-state index contributed by atoms with van der Waals surface area (Å²) in [5, 5.41) is 8.28. The standard InChI is InChI=1S/C21H21N5O/c1-14-11-19(23-13-16-5-4-10-22-12-16)26-21(24-14)15(2)20(25-26)17-6-8-18(27-3)9-7-17/h4-12,23H,13H2,1-3H3. The zero-order chi connectivity index (χ0) is 18.8. The summed E-state index contributed by atoms with van der Waals surface area (Å²) in [4.78, 5) is 8.86. The maximum Gasteiger partial charge on any atom is 0.161 e. The van der Waals surface area contributed by atoms with Crippen LogP contribution in [-0.4, -0.2) is 26.7 Å². The summed E-state index contributed by atoms with van der Waals surface area (Å²) in [6, 6.07) is 13.9. The molecule has 0 atom stereocenters. The fourth-order valence-electron chi connectivity index (χ4n) is 3.09. The van der Waals surface area contributed by atoms with Crippen molar-refractivity contribution in [1.82, 2.24) is 19.6 Å². The van der Waals surface area contributed by atoms with E-state index in [1.165, 1.54) is 0 Å². The Balaban J connectivity index is 1.74. The molecule has 0 bridgehead atoms. The van der Waals surface area contributed by atoms with E-state index in [0.717, 1.165) is 45.3 Å². The molecule has 1 N–H and O–H groups in total. The van der Waals surface area contributed by atoms with Crippen LogP contribution in [-0.2, 0) is 6.54 Å². The second kappa shape index (κ2) is 7.07. The number of nitrogens with one attached hydrogen (secondary N) is 1. The van der Waals surface area contributed by atoms with E-state index in [9.17, 15) is 0 Å². The van der Waals surface area contributed by atoms with Crippen LogP contribution in [0.3, 0.4) is 0 Å². The third-order valence-corrected chi connectivity index (χ3v) is 4.51. The number of nitrogens with zero attached hydrogens (tertiary/aromatic N) is 4. The molecule has 6 nitrogen and oxygen atoms in total. The molecule has 0 aliphatic carbocycles. The summed E-state index contributed by atoms with van der Waals surface area (Å²) < 4.78 is 7.12. The van der Waals surface area contributed by atoms with Crippen molar-refractivity contribution < 1.29 is 4.74 Å². The molecule has 1 aromatic carbocycles. The van der Waals surface area contributed by atoms with Gasteiger partial charge in [-0.1, -0.05) is 6.07 Å². The maximum absolute atomic E-state index is 5.25. The van der Waals surface area contributed by atoms with E-state index < -0.39 is 0 Å². The quantitative estimate of drug-likeness (QED) is 0.583.